The van der Waals surface area contributed by atoms with Crippen molar-refractivity contribution in [2.75, 3.05) is 40.0 Å². The summed E-state index contributed by atoms with van der Waals surface area (Å²) < 4.78 is 11.3. The summed E-state index contributed by atoms with van der Waals surface area (Å²) in [6.07, 6.45) is 4.48. The molecule has 0 amide bonds. The van der Waals surface area contributed by atoms with Crippen LogP contribution in [0.4, 0.5) is 0 Å². The first-order valence-electron chi connectivity index (χ1n) is 9.61. The molecule has 0 unspecified atom stereocenters. The quantitative estimate of drug-likeness (QED) is 0.563. The molecule has 1 aromatic carbocycles. The van der Waals surface area contributed by atoms with Gasteiger partial charge in [-0.15, -0.1) is 0 Å². The Bertz CT molecular complexity index is 625. The number of nitrogens with one attached hydrogen (secondary N) is 2. The molecule has 1 aliphatic heterocycles. The van der Waals surface area contributed by atoms with Crippen LogP contribution in [0.5, 0.6) is 5.75 Å². The van der Waals surface area contributed by atoms with Gasteiger partial charge in [0.15, 0.2) is 5.96 Å². The number of nitrogens with zero attached hydrogens (tertiary/aromatic N) is 1. The third-order valence-electron chi connectivity index (χ3n) is 5.32. The van der Waals surface area contributed by atoms with E-state index in [9.17, 15) is 0 Å². The van der Waals surface area contributed by atoms with Crippen molar-refractivity contribution < 1.29 is 9.47 Å². The average molecular weight is 380 g/mol. The predicted octanol–water partition coefficient (Wildman–Crippen LogP) is 3.36. The van der Waals surface area contributed by atoms with E-state index in [1.54, 1.807) is 7.11 Å². The average Bonchev–Trinajstić information content (AvgIpc) is 3.49. The lowest BCUT2D eigenvalue weighted by Gasteiger charge is -2.37. The molecule has 3 rings (SSSR count). The van der Waals surface area contributed by atoms with E-state index < -0.39 is 0 Å². The van der Waals surface area contributed by atoms with Gasteiger partial charge in [-0.2, -0.15) is 0 Å². The van der Waals surface area contributed by atoms with Crippen molar-refractivity contribution in [2.45, 2.75) is 38.0 Å². The Hall–Kier alpha value is -1.46. The number of rotatable bonds is 7. The lowest BCUT2D eigenvalue weighted by molar-refractivity contribution is 0.0523. The van der Waals surface area contributed by atoms with Gasteiger partial charge in [0.1, 0.15) is 5.75 Å². The largest absolute Gasteiger partial charge is 0.496 e. The second-order valence-corrected chi connectivity index (χ2v) is 7.69. The minimum atomic E-state index is -0.115. The normalized spacial score (nSPS) is 19.9. The van der Waals surface area contributed by atoms with Crippen molar-refractivity contribution >= 4 is 17.6 Å². The molecule has 1 aliphatic carbocycles. The second-order valence-electron chi connectivity index (χ2n) is 7.26. The molecular formula is C20H30ClN3O2. The van der Waals surface area contributed by atoms with Gasteiger partial charge < -0.3 is 20.1 Å². The van der Waals surface area contributed by atoms with Gasteiger partial charge in [0.05, 0.1) is 13.7 Å². The van der Waals surface area contributed by atoms with E-state index in [0.717, 1.165) is 67.4 Å². The summed E-state index contributed by atoms with van der Waals surface area (Å²) in [6, 6.07) is 5.86. The van der Waals surface area contributed by atoms with Crippen molar-refractivity contribution in [1.82, 2.24) is 10.6 Å². The highest BCUT2D eigenvalue weighted by Gasteiger charge is 2.37. The number of hydrogen-bond donors (Lipinski definition) is 2. The summed E-state index contributed by atoms with van der Waals surface area (Å²) >= 11 is 6.31. The van der Waals surface area contributed by atoms with Crippen molar-refractivity contribution in [3.05, 3.63) is 28.8 Å². The zero-order valence-corrected chi connectivity index (χ0v) is 16.6. The molecule has 6 heteroatoms. The van der Waals surface area contributed by atoms with Crippen LogP contribution in [0.1, 0.15) is 38.2 Å². The predicted molar refractivity (Wildman–Crippen MR) is 106 cm³/mol. The van der Waals surface area contributed by atoms with E-state index in [0.29, 0.717) is 6.54 Å². The van der Waals surface area contributed by atoms with Crippen LogP contribution < -0.4 is 15.4 Å². The molecule has 0 aromatic heterocycles. The van der Waals surface area contributed by atoms with E-state index >= 15 is 0 Å². The van der Waals surface area contributed by atoms with Crippen molar-refractivity contribution in [2.24, 2.45) is 10.9 Å². The molecule has 0 bridgehead atoms. The van der Waals surface area contributed by atoms with Crippen LogP contribution in [0.2, 0.25) is 5.02 Å². The summed E-state index contributed by atoms with van der Waals surface area (Å²) in [5.41, 5.74) is 1.02. The number of hydrogen-bond acceptors (Lipinski definition) is 3. The smallest absolute Gasteiger partial charge is 0.191 e. The van der Waals surface area contributed by atoms with Crippen LogP contribution in [-0.2, 0) is 10.2 Å². The van der Waals surface area contributed by atoms with Crippen LogP contribution in [0.3, 0.4) is 0 Å². The first-order valence-corrected chi connectivity index (χ1v) is 9.98. The Labute approximate surface area is 161 Å². The second kappa shape index (κ2) is 8.96. The maximum atomic E-state index is 6.31. The first-order chi connectivity index (χ1) is 12.7. The summed E-state index contributed by atoms with van der Waals surface area (Å²) in [5.74, 6) is 2.58. The minimum Gasteiger partial charge on any atom is -0.496 e. The van der Waals surface area contributed by atoms with E-state index in [-0.39, 0.29) is 5.41 Å². The number of aliphatic imine (C=N–C) groups is 1. The lowest BCUT2D eigenvalue weighted by atomic mass is 9.73. The van der Waals surface area contributed by atoms with Gasteiger partial charge in [-0.25, -0.2) is 0 Å². The van der Waals surface area contributed by atoms with Gasteiger partial charge in [-0.1, -0.05) is 11.6 Å². The molecule has 2 fully saturated rings. The van der Waals surface area contributed by atoms with E-state index in [4.69, 9.17) is 26.1 Å². The van der Waals surface area contributed by atoms with Gasteiger partial charge in [0.2, 0.25) is 0 Å². The van der Waals surface area contributed by atoms with Gasteiger partial charge in [0.25, 0.3) is 0 Å². The molecule has 1 aromatic rings. The molecule has 2 N–H and O–H groups in total. The SMILES string of the molecule is CCNC(=NCC1(c2cc(Cl)ccc2OC)CCOCC1)NCC1CC1. The van der Waals surface area contributed by atoms with Gasteiger partial charge in [-0.05, 0) is 56.7 Å². The summed E-state index contributed by atoms with van der Waals surface area (Å²) in [7, 11) is 1.71. The lowest BCUT2D eigenvalue weighted by Crippen LogP contribution is -2.42. The molecule has 5 nitrogen and oxygen atoms in total. The molecule has 1 heterocycles. The molecule has 1 saturated heterocycles. The zero-order valence-electron chi connectivity index (χ0n) is 15.8. The molecule has 0 spiro atoms. The number of methoxy groups -OCH3 is 1. The fourth-order valence-electron chi connectivity index (χ4n) is 3.50. The Morgan fingerprint density at radius 3 is 2.73 bits per heavy atom. The summed E-state index contributed by atoms with van der Waals surface area (Å²) in [5, 5.41) is 7.58. The van der Waals surface area contributed by atoms with Gasteiger partial charge in [0, 0.05) is 42.3 Å². The highest BCUT2D eigenvalue weighted by molar-refractivity contribution is 6.30. The Kier molecular flexibility index (Phi) is 6.65. The van der Waals surface area contributed by atoms with Crippen LogP contribution in [0, 0.1) is 5.92 Å². The Morgan fingerprint density at radius 1 is 1.31 bits per heavy atom. The molecular weight excluding hydrogens is 350 g/mol. The van der Waals surface area contributed by atoms with Crippen LogP contribution >= 0.6 is 11.6 Å². The monoisotopic (exact) mass is 379 g/mol. The van der Waals surface area contributed by atoms with Gasteiger partial charge >= 0.3 is 0 Å². The Balaban J connectivity index is 1.84. The highest BCUT2D eigenvalue weighted by atomic mass is 35.5. The number of halogens is 1. The van der Waals surface area contributed by atoms with Crippen LogP contribution in [-0.4, -0.2) is 45.9 Å². The Morgan fingerprint density at radius 2 is 2.08 bits per heavy atom. The van der Waals surface area contributed by atoms with Crippen LogP contribution in [0.15, 0.2) is 23.2 Å². The van der Waals surface area contributed by atoms with Crippen molar-refractivity contribution in [1.29, 1.82) is 0 Å². The summed E-state index contributed by atoms with van der Waals surface area (Å²) in [6.45, 7) is 6.11. The molecule has 0 radical (unpaired) electrons. The fraction of sp³-hybridized carbons (Fsp3) is 0.650. The molecule has 2 aliphatic rings. The topological polar surface area (TPSA) is 54.9 Å². The van der Waals surface area contributed by atoms with E-state index in [1.807, 2.05) is 18.2 Å². The number of ether oxygens (including phenoxy) is 2. The maximum Gasteiger partial charge on any atom is 0.191 e. The van der Waals surface area contributed by atoms with Crippen LogP contribution in [0.25, 0.3) is 0 Å². The third-order valence-corrected chi connectivity index (χ3v) is 5.56. The maximum absolute atomic E-state index is 6.31. The van der Waals surface area contributed by atoms with Crippen molar-refractivity contribution in [3.8, 4) is 5.75 Å². The molecule has 1 saturated carbocycles. The standard InChI is InChI=1S/C20H30ClN3O2/c1-3-22-19(23-13-15-4-5-15)24-14-20(8-10-26-11-9-20)17-12-16(21)6-7-18(17)25-2/h6-7,12,15H,3-5,8-11,13-14H2,1-2H3,(H2,22,23,24). The third kappa shape index (κ3) is 4.83. The number of benzene rings is 1. The summed E-state index contributed by atoms with van der Waals surface area (Å²) in [4.78, 5) is 4.93. The molecule has 26 heavy (non-hydrogen) atoms. The van der Waals surface area contributed by atoms with E-state index in [1.165, 1.54) is 12.8 Å². The first kappa shape index (κ1) is 19.3. The van der Waals surface area contributed by atoms with Gasteiger partial charge in [-0.3, -0.25) is 4.99 Å². The zero-order chi connectivity index (χ0) is 18.4. The molecule has 0 atom stereocenters. The van der Waals surface area contributed by atoms with Crippen molar-refractivity contribution in [3.63, 3.8) is 0 Å². The highest BCUT2D eigenvalue weighted by Crippen LogP contribution is 2.41. The molecule has 144 valence electrons. The fourth-order valence-corrected chi connectivity index (χ4v) is 3.68. The number of guanidine groups is 1. The minimum absolute atomic E-state index is 0.115. The van der Waals surface area contributed by atoms with E-state index in [2.05, 4.69) is 17.6 Å².